The zero-order chi connectivity index (χ0) is 14.1. The summed E-state index contributed by atoms with van der Waals surface area (Å²) < 4.78 is 0. The van der Waals surface area contributed by atoms with Gasteiger partial charge in [0.15, 0.2) is 0 Å². The molecular weight excluding hydrogens is 294 g/mol. The Bertz CT molecular complexity index is 384. The van der Waals surface area contributed by atoms with Gasteiger partial charge in [-0.1, -0.05) is 33.1 Å². The summed E-state index contributed by atoms with van der Waals surface area (Å²) >= 11 is 1.50. The first kappa shape index (κ1) is 19.4. The van der Waals surface area contributed by atoms with Crippen LogP contribution in [-0.4, -0.2) is 24.0 Å². The number of nitrogens with one attached hydrogen (secondary N) is 1. The Morgan fingerprint density at radius 2 is 2.25 bits per heavy atom. The van der Waals surface area contributed by atoms with Crippen LogP contribution in [0.3, 0.4) is 0 Å². The van der Waals surface area contributed by atoms with Gasteiger partial charge in [-0.2, -0.15) is 0 Å². The lowest BCUT2D eigenvalue weighted by Crippen LogP contribution is -2.29. The fourth-order valence-corrected chi connectivity index (χ4v) is 2.72. The summed E-state index contributed by atoms with van der Waals surface area (Å²) in [5.41, 5.74) is 6.00. The van der Waals surface area contributed by atoms with E-state index >= 15 is 0 Å². The molecule has 1 atom stereocenters. The average Bonchev–Trinajstić information content (AvgIpc) is 2.88. The molecule has 0 aromatic carbocycles. The second-order valence-electron chi connectivity index (χ2n) is 4.79. The predicted molar refractivity (Wildman–Crippen MR) is 87.8 cm³/mol. The fourth-order valence-electron chi connectivity index (χ4n) is 1.92. The smallest absolute Gasteiger partial charge is 0.270 e. The van der Waals surface area contributed by atoms with Crippen molar-refractivity contribution < 1.29 is 4.79 Å². The number of carbonyl (C=O) groups is 1. The maximum atomic E-state index is 12.0. The molecule has 0 aliphatic heterocycles. The van der Waals surface area contributed by atoms with Crippen molar-refractivity contribution in [2.75, 3.05) is 13.1 Å². The summed E-state index contributed by atoms with van der Waals surface area (Å²) in [5.74, 6) is 0.514. The van der Waals surface area contributed by atoms with Crippen LogP contribution >= 0.6 is 23.7 Å². The quantitative estimate of drug-likeness (QED) is 0.735. The number of nitrogens with two attached hydrogens (primary N) is 1. The molecule has 4 nitrogen and oxygen atoms in total. The van der Waals surface area contributed by atoms with Gasteiger partial charge < -0.3 is 11.1 Å². The molecular formula is C14H26ClN3OS. The molecule has 0 radical (unpaired) electrons. The topological polar surface area (TPSA) is 68.0 Å². The van der Waals surface area contributed by atoms with E-state index in [1.165, 1.54) is 30.6 Å². The lowest BCUT2D eigenvalue weighted by atomic mass is 9.99. The van der Waals surface area contributed by atoms with Crippen LogP contribution in [0.4, 0.5) is 0 Å². The standard InChI is InChI=1S/C14H25N3OS.ClH/c1-3-5-6-11(4-2)9-16-14(18)12-10-19-13(17-12)7-8-15;/h10-11H,3-9,15H2,1-2H3,(H,16,18);1H. The van der Waals surface area contributed by atoms with E-state index in [1.807, 2.05) is 5.38 Å². The first-order valence-corrected chi connectivity index (χ1v) is 8.01. The van der Waals surface area contributed by atoms with Crippen LogP contribution in [0.1, 0.15) is 55.0 Å². The summed E-state index contributed by atoms with van der Waals surface area (Å²) in [6.07, 6.45) is 5.47. The molecule has 116 valence electrons. The SMILES string of the molecule is CCCCC(CC)CNC(=O)c1csc(CCN)n1.Cl. The van der Waals surface area contributed by atoms with Crippen molar-refractivity contribution in [1.29, 1.82) is 0 Å². The number of halogens is 1. The Kier molecular flexibility index (Phi) is 10.7. The Hall–Kier alpha value is -0.650. The Labute approximate surface area is 132 Å². The van der Waals surface area contributed by atoms with E-state index in [9.17, 15) is 4.79 Å². The van der Waals surface area contributed by atoms with Crippen LogP contribution in [0.25, 0.3) is 0 Å². The maximum absolute atomic E-state index is 12.0. The molecule has 0 bridgehead atoms. The van der Waals surface area contributed by atoms with Crippen molar-refractivity contribution in [3.8, 4) is 0 Å². The third-order valence-corrected chi connectivity index (χ3v) is 4.15. The summed E-state index contributed by atoms with van der Waals surface area (Å²) in [7, 11) is 0. The minimum absolute atomic E-state index is 0. The number of hydrogen-bond donors (Lipinski definition) is 2. The molecule has 1 rings (SSSR count). The largest absolute Gasteiger partial charge is 0.350 e. The molecule has 0 saturated carbocycles. The van der Waals surface area contributed by atoms with Gasteiger partial charge in [0.05, 0.1) is 5.01 Å². The maximum Gasteiger partial charge on any atom is 0.270 e. The monoisotopic (exact) mass is 319 g/mol. The number of hydrogen-bond acceptors (Lipinski definition) is 4. The molecule has 0 aliphatic rings. The van der Waals surface area contributed by atoms with Gasteiger partial charge in [-0.15, -0.1) is 23.7 Å². The number of rotatable bonds is 9. The summed E-state index contributed by atoms with van der Waals surface area (Å²) in [4.78, 5) is 16.3. The highest BCUT2D eigenvalue weighted by molar-refractivity contribution is 7.09. The highest BCUT2D eigenvalue weighted by atomic mass is 35.5. The third kappa shape index (κ3) is 6.68. The van der Waals surface area contributed by atoms with E-state index in [2.05, 4.69) is 24.1 Å². The second kappa shape index (κ2) is 11.1. The van der Waals surface area contributed by atoms with Crippen molar-refractivity contribution in [3.63, 3.8) is 0 Å². The molecule has 6 heteroatoms. The minimum Gasteiger partial charge on any atom is -0.350 e. The zero-order valence-electron chi connectivity index (χ0n) is 12.4. The highest BCUT2D eigenvalue weighted by Crippen LogP contribution is 2.13. The third-order valence-electron chi connectivity index (χ3n) is 3.24. The number of carbonyl (C=O) groups excluding carboxylic acids is 1. The molecule has 0 aliphatic carbocycles. The lowest BCUT2D eigenvalue weighted by molar-refractivity contribution is 0.0941. The van der Waals surface area contributed by atoms with Gasteiger partial charge in [0.2, 0.25) is 0 Å². The van der Waals surface area contributed by atoms with Crippen LogP contribution < -0.4 is 11.1 Å². The van der Waals surface area contributed by atoms with Crippen molar-refractivity contribution in [2.45, 2.75) is 46.0 Å². The van der Waals surface area contributed by atoms with Gasteiger partial charge in [-0.3, -0.25) is 4.79 Å². The van der Waals surface area contributed by atoms with Gasteiger partial charge in [0.25, 0.3) is 5.91 Å². The van der Waals surface area contributed by atoms with Crippen molar-refractivity contribution in [3.05, 3.63) is 16.1 Å². The molecule has 1 aromatic rings. The van der Waals surface area contributed by atoms with Crippen LogP contribution in [-0.2, 0) is 6.42 Å². The van der Waals surface area contributed by atoms with Crippen molar-refractivity contribution in [1.82, 2.24) is 10.3 Å². The molecule has 3 N–H and O–H groups in total. The zero-order valence-corrected chi connectivity index (χ0v) is 14.0. The van der Waals surface area contributed by atoms with E-state index in [-0.39, 0.29) is 18.3 Å². The molecule has 1 heterocycles. The van der Waals surface area contributed by atoms with E-state index in [1.54, 1.807) is 0 Å². The number of aromatic nitrogens is 1. The number of amides is 1. The Balaban J connectivity index is 0.00000361. The van der Waals surface area contributed by atoms with E-state index in [0.29, 0.717) is 18.2 Å². The van der Waals surface area contributed by atoms with Gasteiger partial charge in [-0.25, -0.2) is 4.98 Å². The van der Waals surface area contributed by atoms with Crippen molar-refractivity contribution in [2.24, 2.45) is 11.7 Å². The minimum atomic E-state index is -0.0607. The van der Waals surface area contributed by atoms with Crippen molar-refractivity contribution >= 4 is 29.7 Å². The first-order valence-electron chi connectivity index (χ1n) is 7.13. The molecule has 1 unspecified atom stereocenters. The summed E-state index contributed by atoms with van der Waals surface area (Å²) in [6.45, 7) is 5.69. The molecule has 20 heavy (non-hydrogen) atoms. The molecule has 0 saturated heterocycles. The van der Waals surface area contributed by atoms with Gasteiger partial charge in [0, 0.05) is 18.3 Å². The van der Waals surface area contributed by atoms with Crippen LogP contribution in [0.5, 0.6) is 0 Å². The number of thiazole rings is 1. The second-order valence-corrected chi connectivity index (χ2v) is 5.73. The van der Waals surface area contributed by atoms with Crippen LogP contribution in [0.15, 0.2) is 5.38 Å². The molecule has 1 aromatic heterocycles. The number of nitrogens with zero attached hydrogens (tertiary/aromatic N) is 1. The molecule has 1 amide bonds. The van der Waals surface area contributed by atoms with Gasteiger partial charge in [-0.05, 0) is 18.9 Å². The van der Waals surface area contributed by atoms with E-state index in [0.717, 1.165) is 24.4 Å². The van der Waals surface area contributed by atoms with Crippen LogP contribution in [0, 0.1) is 5.92 Å². The van der Waals surface area contributed by atoms with Gasteiger partial charge in [0.1, 0.15) is 5.69 Å². The lowest BCUT2D eigenvalue weighted by Gasteiger charge is -2.14. The Morgan fingerprint density at radius 1 is 1.50 bits per heavy atom. The van der Waals surface area contributed by atoms with Crippen LogP contribution in [0.2, 0.25) is 0 Å². The molecule has 0 spiro atoms. The molecule has 0 fully saturated rings. The Morgan fingerprint density at radius 3 is 2.85 bits per heavy atom. The fraction of sp³-hybridized carbons (Fsp3) is 0.714. The van der Waals surface area contributed by atoms with Gasteiger partial charge >= 0.3 is 0 Å². The summed E-state index contributed by atoms with van der Waals surface area (Å²) in [6, 6.07) is 0. The van der Waals surface area contributed by atoms with E-state index in [4.69, 9.17) is 5.73 Å². The van der Waals surface area contributed by atoms with E-state index < -0.39 is 0 Å². The number of unbranched alkanes of at least 4 members (excludes halogenated alkanes) is 1. The normalized spacial score (nSPS) is 11.8. The predicted octanol–water partition coefficient (Wildman–Crippen LogP) is 3.01. The first-order chi connectivity index (χ1) is 9.21. The average molecular weight is 320 g/mol. The summed E-state index contributed by atoms with van der Waals surface area (Å²) in [5, 5.41) is 5.74. The highest BCUT2D eigenvalue weighted by Gasteiger charge is 2.12.